The summed E-state index contributed by atoms with van der Waals surface area (Å²) in [6.07, 6.45) is 14.8. The van der Waals surface area contributed by atoms with Crippen LogP contribution in [0.1, 0.15) is 79.1 Å². The van der Waals surface area contributed by atoms with Crippen molar-refractivity contribution in [2.24, 2.45) is 34.0 Å². The standard InChI is InChI=1S/C31H40O5/c1-9-12-14-24(32)35-23-19-29(7,11-3)28(36-25(33)15-13-10-2)22(6)31-17-16-21(5)30(23,8)27(31)26(34)20(4)18-31/h1-2,11,21-23,27-28H,3-4,12-19H2,5-8H3/t21-,22+,23-,27+,28+,29-,30+,31+/m1/s1. The highest BCUT2D eigenvalue weighted by molar-refractivity contribution is 6.00. The zero-order valence-corrected chi connectivity index (χ0v) is 22.2. The molecule has 8 atom stereocenters. The lowest BCUT2D eigenvalue weighted by Crippen LogP contribution is -2.63. The van der Waals surface area contributed by atoms with E-state index in [-0.39, 0.29) is 54.7 Å². The van der Waals surface area contributed by atoms with Crippen molar-refractivity contribution in [3.63, 3.8) is 0 Å². The molecule has 0 radical (unpaired) electrons. The van der Waals surface area contributed by atoms with Crippen LogP contribution in [0, 0.1) is 58.7 Å². The number of rotatable bonds is 7. The van der Waals surface area contributed by atoms with E-state index in [2.05, 4.69) is 45.8 Å². The minimum atomic E-state index is -0.703. The van der Waals surface area contributed by atoms with E-state index in [4.69, 9.17) is 22.3 Å². The van der Waals surface area contributed by atoms with Crippen LogP contribution in [0.15, 0.2) is 24.8 Å². The van der Waals surface area contributed by atoms with Crippen LogP contribution in [-0.2, 0) is 23.9 Å². The lowest BCUT2D eigenvalue weighted by atomic mass is 9.44. The molecule has 3 aliphatic carbocycles. The summed E-state index contributed by atoms with van der Waals surface area (Å²) in [7, 11) is 0. The molecule has 36 heavy (non-hydrogen) atoms. The number of carbonyl (C=O) groups is 3. The number of Topliss-reactive ketones (excluding diaryl/α,β-unsaturated/α-hetero) is 1. The first kappa shape index (κ1) is 27.8. The third kappa shape index (κ3) is 4.43. The molecule has 0 aliphatic heterocycles. The number of terminal acetylenes is 2. The third-order valence-electron chi connectivity index (χ3n) is 9.73. The van der Waals surface area contributed by atoms with Crippen LogP contribution in [0.5, 0.6) is 0 Å². The summed E-state index contributed by atoms with van der Waals surface area (Å²) in [6, 6.07) is 0. The highest BCUT2D eigenvalue weighted by atomic mass is 16.6. The normalized spacial score (nSPS) is 39.6. The molecule has 3 rings (SSSR count). The van der Waals surface area contributed by atoms with Crippen LogP contribution in [-0.4, -0.2) is 29.9 Å². The van der Waals surface area contributed by atoms with Crippen LogP contribution >= 0.6 is 0 Å². The number of carbonyl (C=O) groups excluding carboxylic acids is 3. The van der Waals surface area contributed by atoms with Gasteiger partial charge in [0, 0.05) is 35.5 Å². The molecule has 0 N–H and O–H groups in total. The first-order chi connectivity index (χ1) is 16.9. The topological polar surface area (TPSA) is 69.7 Å². The Balaban J connectivity index is 2.19. The van der Waals surface area contributed by atoms with Gasteiger partial charge in [0.1, 0.15) is 12.2 Å². The van der Waals surface area contributed by atoms with Crippen LogP contribution in [0.2, 0.25) is 0 Å². The van der Waals surface area contributed by atoms with E-state index in [1.807, 2.05) is 13.0 Å². The van der Waals surface area contributed by atoms with Gasteiger partial charge in [0.15, 0.2) is 5.78 Å². The Bertz CT molecular complexity index is 1030. The van der Waals surface area contributed by atoms with Crippen LogP contribution in [0.3, 0.4) is 0 Å². The summed E-state index contributed by atoms with van der Waals surface area (Å²) in [5.41, 5.74) is -1.17. The molecular weight excluding hydrogens is 452 g/mol. The van der Waals surface area contributed by atoms with Crippen LogP contribution in [0.25, 0.3) is 0 Å². The number of esters is 2. The van der Waals surface area contributed by atoms with E-state index < -0.39 is 28.5 Å². The van der Waals surface area contributed by atoms with Gasteiger partial charge in [0.2, 0.25) is 0 Å². The highest BCUT2D eigenvalue weighted by Crippen LogP contribution is 2.69. The summed E-state index contributed by atoms with van der Waals surface area (Å²) in [5.74, 6) is 3.88. The smallest absolute Gasteiger partial charge is 0.307 e. The third-order valence-corrected chi connectivity index (χ3v) is 9.73. The van der Waals surface area contributed by atoms with Crippen molar-refractivity contribution >= 4 is 17.7 Å². The van der Waals surface area contributed by atoms with Crippen molar-refractivity contribution in [1.82, 2.24) is 0 Å². The van der Waals surface area contributed by atoms with Crippen molar-refractivity contribution < 1.29 is 23.9 Å². The van der Waals surface area contributed by atoms with Gasteiger partial charge >= 0.3 is 11.9 Å². The van der Waals surface area contributed by atoms with Crippen LogP contribution in [0.4, 0.5) is 0 Å². The Morgan fingerprint density at radius 2 is 1.69 bits per heavy atom. The number of ether oxygens (including phenoxy) is 2. The molecule has 5 nitrogen and oxygen atoms in total. The van der Waals surface area contributed by atoms with E-state index in [9.17, 15) is 14.4 Å². The zero-order chi connectivity index (χ0) is 26.9. The fourth-order valence-electron chi connectivity index (χ4n) is 7.40. The molecule has 0 aromatic heterocycles. The first-order valence-electron chi connectivity index (χ1n) is 13.0. The lowest BCUT2D eigenvalue weighted by molar-refractivity contribution is -0.213. The number of hydrogen-bond donors (Lipinski definition) is 0. The largest absolute Gasteiger partial charge is 0.462 e. The molecule has 3 fully saturated rings. The van der Waals surface area contributed by atoms with Gasteiger partial charge in [-0.05, 0) is 42.6 Å². The van der Waals surface area contributed by atoms with E-state index in [0.717, 1.165) is 12.8 Å². The van der Waals surface area contributed by atoms with Crippen molar-refractivity contribution in [1.29, 1.82) is 0 Å². The molecule has 0 aromatic carbocycles. The number of hydrogen-bond acceptors (Lipinski definition) is 5. The Kier molecular flexibility index (Phi) is 7.95. The second-order valence-corrected chi connectivity index (χ2v) is 11.6. The molecule has 2 bridgehead atoms. The molecular formula is C31H40O5. The SMILES string of the molecule is C#CCCC(=O)O[C@@H]1C[C@@](C)(C=C)[C@@H](OC(=O)CCC#C)[C@H](C)[C@@]23CC[C@@H](C)[C@]1(C)[C@@H]2C(=O)C(=C)C3. The lowest BCUT2D eigenvalue weighted by Gasteiger charge is -2.62. The molecule has 0 unspecified atom stereocenters. The van der Waals surface area contributed by atoms with Gasteiger partial charge in [-0.2, -0.15) is 0 Å². The maximum atomic E-state index is 13.8. The van der Waals surface area contributed by atoms with Crippen molar-refractivity contribution in [3.8, 4) is 24.7 Å². The predicted molar refractivity (Wildman–Crippen MR) is 139 cm³/mol. The zero-order valence-electron chi connectivity index (χ0n) is 22.2. The average Bonchev–Trinajstić information content (AvgIpc) is 3.12. The molecule has 5 heteroatoms. The Morgan fingerprint density at radius 3 is 2.25 bits per heavy atom. The van der Waals surface area contributed by atoms with Crippen molar-refractivity contribution in [3.05, 3.63) is 24.8 Å². The number of ketones is 1. The molecule has 0 heterocycles. The molecule has 0 saturated heterocycles. The second kappa shape index (κ2) is 10.3. The Labute approximate surface area is 216 Å². The first-order valence-corrected chi connectivity index (χ1v) is 13.0. The van der Waals surface area contributed by atoms with Crippen LogP contribution < -0.4 is 0 Å². The maximum Gasteiger partial charge on any atom is 0.307 e. The number of allylic oxidation sites excluding steroid dienone is 1. The molecule has 0 amide bonds. The van der Waals surface area contributed by atoms with E-state index in [0.29, 0.717) is 24.8 Å². The summed E-state index contributed by atoms with van der Waals surface area (Å²) in [5, 5.41) is 0. The summed E-state index contributed by atoms with van der Waals surface area (Å²) in [4.78, 5) is 39.6. The van der Waals surface area contributed by atoms with Gasteiger partial charge in [0.05, 0.1) is 12.8 Å². The molecule has 3 saturated carbocycles. The van der Waals surface area contributed by atoms with Gasteiger partial charge in [0.25, 0.3) is 0 Å². The summed E-state index contributed by atoms with van der Waals surface area (Å²) >= 11 is 0. The Hall–Kier alpha value is -2.79. The Morgan fingerprint density at radius 1 is 1.11 bits per heavy atom. The van der Waals surface area contributed by atoms with E-state index >= 15 is 0 Å². The van der Waals surface area contributed by atoms with Gasteiger partial charge < -0.3 is 9.47 Å². The molecule has 0 spiro atoms. The van der Waals surface area contributed by atoms with Gasteiger partial charge in [-0.15, -0.1) is 31.3 Å². The molecule has 0 aromatic rings. The predicted octanol–water partition coefficient (Wildman–Crippen LogP) is 5.44. The van der Waals surface area contributed by atoms with Gasteiger partial charge in [-0.3, -0.25) is 14.4 Å². The molecule has 194 valence electrons. The van der Waals surface area contributed by atoms with Crippen molar-refractivity contribution in [2.45, 2.75) is 91.3 Å². The minimum Gasteiger partial charge on any atom is -0.462 e. The second-order valence-electron chi connectivity index (χ2n) is 11.6. The fraction of sp³-hybridized carbons (Fsp3) is 0.645. The quantitative estimate of drug-likeness (QED) is 0.205. The van der Waals surface area contributed by atoms with Gasteiger partial charge in [-0.25, -0.2) is 0 Å². The fourth-order valence-corrected chi connectivity index (χ4v) is 7.40. The average molecular weight is 493 g/mol. The summed E-state index contributed by atoms with van der Waals surface area (Å²) < 4.78 is 12.4. The monoisotopic (exact) mass is 492 g/mol. The summed E-state index contributed by atoms with van der Waals surface area (Å²) in [6.45, 7) is 16.6. The highest BCUT2D eigenvalue weighted by Gasteiger charge is 2.69. The van der Waals surface area contributed by atoms with E-state index in [1.54, 1.807) is 0 Å². The van der Waals surface area contributed by atoms with Gasteiger partial charge in [-0.1, -0.05) is 40.3 Å². The van der Waals surface area contributed by atoms with Crippen molar-refractivity contribution in [2.75, 3.05) is 0 Å². The minimum absolute atomic E-state index is 0.0418. The van der Waals surface area contributed by atoms with E-state index in [1.165, 1.54) is 0 Å². The maximum absolute atomic E-state index is 13.8. The molecule has 3 aliphatic rings.